The average Bonchev–Trinajstić information content (AvgIpc) is 3.71. The number of nitrogens with one attached hydrogen (secondary N) is 1. The average molecular weight is 625 g/mol. The number of methoxy groups -OCH3 is 1. The standard InChI is InChI=1S/C33H39F3N6O3/c1-31(9-6-10-31)37-17-20-11-24-25(26(12-20)33(34,35)36)18-42(29(24)43)27-13-21(14-28(39-27)45-22-7-4-5-8-22)32(15-23(16-32)44-3)30-40-38-19-41(30)2/h11-14,19,22-23,37H,4-10,15-18H2,1-3H3/t23-,32+. The monoisotopic (exact) mass is 624 g/mol. The number of aryl methyl sites for hydroxylation is 1. The van der Waals surface area contributed by atoms with Crippen molar-refractivity contribution in [2.24, 2.45) is 7.05 Å². The number of carbonyl (C=O) groups excluding carboxylic acids is 1. The maximum absolute atomic E-state index is 14.4. The maximum Gasteiger partial charge on any atom is 0.416 e. The summed E-state index contributed by atoms with van der Waals surface area (Å²) in [6.07, 6.45) is 5.26. The predicted octanol–water partition coefficient (Wildman–Crippen LogP) is 5.84. The van der Waals surface area contributed by atoms with Crippen molar-refractivity contribution in [1.82, 2.24) is 25.1 Å². The Morgan fingerprint density at radius 2 is 1.82 bits per heavy atom. The number of carbonyl (C=O) groups is 1. The Kier molecular flexibility index (Phi) is 7.43. The van der Waals surface area contributed by atoms with Gasteiger partial charge in [0.15, 0.2) is 0 Å². The number of aromatic nitrogens is 4. The lowest BCUT2D eigenvalue weighted by molar-refractivity contribution is -0.138. The van der Waals surface area contributed by atoms with Gasteiger partial charge in [-0.05, 0) is 99.6 Å². The number of rotatable bonds is 9. The number of fused-ring (bicyclic) bond motifs is 1. The van der Waals surface area contributed by atoms with Gasteiger partial charge in [-0.15, -0.1) is 10.2 Å². The Morgan fingerprint density at radius 3 is 2.44 bits per heavy atom. The van der Waals surface area contributed by atoms with Crippen molar-refractivity contribution in [2.45, 2.75) is 107 Å². The van der Waals surface area contributed by atoms with Crippen LogP contribution in [0.3, 0.4) is 0 Å². The zero-order valence-corrected chi connectivity index (χ0v) is 25.9. The third-order valence-electron chi connectivity index (χ3n) is 10.4. The summed E-state index contributed by atoms with van der Waals surface area (Å²) < 4.78 is 57.2. The molecule has 0 saturated heterocycles. The van der Waals surface area contributed by atoms with Crippen molar-refractivity contribution >= 4 is 11.7 Å². The fourth-order valence-electron chi connectivity index (χ4n) is 7.50. The molecular weight excluding hydrogens is 585 g/mol. The Bertz CT molecular complexity index is 1610. The first-order chi connectivity index (χ1) is 21.5. The number of anilines is 1. The van der Waals surface area contributed by atoms with E-state index in [1.54, 1.807) is 25.6 Å². The number of hydrogen-bond donors (Lipinski definition) is 1. The van der Waals surface area contributed by atoms with E-state index in [9.17, 15) is 18.0 Å². The molecule has 0 radical (unpaired) electrons. The van der Waals surface area contributed by atoms with Crippen molar-refractivity contribution in [3.05, 3.63) is 64.2 Å². The fraction of sp³-hybridized carbons (Fsp3) is 0.576. The Labute approximate surface area is 260 Å². The van der Waals surface area contributed by atoms with E-state index in [1.807, 2.05) is 17.7 Å². The molecule has 1 aromatic carbocycles. The second-order valence-corrected chi connectivity index (χ2v) is 13.5. The van der Waals surface area contributed by atoms with Crippen molar-refractivity contribution < 1.29 is 27.4 Å². The number of hydrogen-bond acceptors (Lipinski definition) is 7. The Hall–Kier alpha value is -3.51. The third kappa shape index (κ3) is 5.39. The zero-order valence-electron chi connectivity index (χ0n) is 25.9. The summed E-state index contributed by atoms with van der Waals surface area (Å²) >= 11 is 0. The quantitative estimate of drug-likeness (QED) is 0.320. The molecule has 3 fully saturated rings. The van der Waals surface area contributed by atoms with Gasteiger partial charge in [0, 0.05) is 37.9 Å². The first-order valence-electron chi connectivity index (χ1n) is 15.8. The lowest BCUT2D eigenvalue weighted by atomic mass is 9.62. The summed E-state index contributed by atoms with van der Waals surface area (Å²) in [5, 5.41) is 12.0. The van der Waals surface area contributed by atoms with Gasteiger partial charge in [0.25, 0.3) is 5.91 Å². The lowest BCUT2D eigenvalue weighted by Crippen LogP contribution is -2.48. The van der Waals surface area contributed by atoms with Gasteiger partial charge >= 0.3 is 6.18 Å². The number of halogens is 3. The summed E-state index contributed by atoms with van der Waals surface area (Å²) in [7, 11) is 3.55. The van der Waals surface area contributed by atoms with Crippen molar-refractivity contribution in [3.8, 4) is 5.88 Å². The second kappa shape index (κ2) is 11.1. The van der Waals surface area contributed by atoms with Crippen LogP contribution in [0.2, 0.25) is 0 Å². The van der Waals surface area contributed by atoms with E-state index in [2.05, 4.69) is 22.4 Å². The zero-order chi connectivity index (χ0) is 31.6. The summed E-state index contributed by atoms with van der Waals surface area (Å²) in [4.78, 5) is 20.1. The van der Waals surface area contributed by atoms with Gasteiger partial charge in [0.05, 0.1) is 23.6 Å². The second-order valence-electron chi connectivity index (χ2n) is 13.5. The predicted molar refractivity (Wildman–Crippen MR) is 160 cm³/mol. The molecule has 3 saturated carbocycles. The fourth-order valence-corrected chi connectivity index (χ4v) is 7.50. The van der Waals surface area contributed by atoms with E-state index < -0.39 is 23.1 Å². The minimum Gasteiger partial charge on any atom is -0.474 e. The smallest absolute Gasteiger partial charge is 0.416 e. The molecule has 0 spiro atoms. The van der Waals surface area contributed by atoms with Crippen LogP contribution in [0.1, 0.15) is 103 Å². The van der Waals surface area contributed by atoms with Crippen LogP contribution in [0, 0.1) is 0 Å². The summed E-state index contributed by atoms with van der Waals surface area (Å²) in [6.45, 7) is 2.11. The molecule has 0 atom stereocenters. The van der Waals surface area contributed by atoms with Crippen molar-refractivity contribution in [1.29, 1.82) is 0 Å². The van der Waals surface area contributed by atoms with E-state index in [4.69, 9.17) is 14.5 Å². The molecule has 1 N–H and O–H groups in total. The van der Waals surface area contributed by atoms with Crippen LogP contribution in [-0.4, -0.2) is 50.5 Å². The maximum atomic E-state index is 14.4. The topological polar surface area (TPSA) is 94.4 Å². The summed E-state index contributed by atoms with van der Waals surface area (Å²) in [6, 6.07) is 6.49. The van der Waals surface area contributed by atoms with Crippen molar-refractivity contribution in [2.75, 3.05) is 12.0 Å². The Morgan fingerprint density at radius 1 is 1.07 bits per heavy atom. The number of nitrogens with zero attached hydrogens (tertiary/aromatic N) is 5. The molecule has 1 amide bonds. The molecule has 4 aliphatic rings. The number of ether oxygens (including phenoxy) is 2. The van der Waals surface area contributed by atoms with E-state index in [0.717, 1.165) is 56.3 Å². The van der Waals surface area contributed by atoms with E-state index in [1.165, 1.54) is 11.0 Å². The van der Waals surface area contributed by atoms with Crippen LogP contribution >= 0.6 is 0 Å². The molecule has 45 heavy (non-hydrogen) atoms. The molecular formula is C33H39F3N6O3. The number of pyridine rings is 1. The molecule has 7 rings (SSSR count). The van der Waals surface area contributed by atoms with Gasteiger partial charge in [-0.25, -0.2) is 0 Å². The summed E-state index contributed by atoms with van der Waals surface area (Å²) in [5.74, 6) is 0.862. The van der Waals surface area contributed by atoms with Crippen LogP contribution in [0.25, 0.3) is 0 Å². The molecule has 9 nitrogen and oxygen atoms in total. The number of alkyl halides is 3. The molecule has 3 aromatic rings. The Balaban J connectivity index is 1.28. The van der Waals surface area contributed by atoms with E-state index in [-0.39, 0.29) is 47.8 Å². The molecule has 3 heterocycles. The molecule has 240 valence electrons. The highest BCUT2D eigenvalue weighted by Gasteiger charge is 2.51. The highest BCUT2D eigenvalue weighted by Crippen LogP contribution is 2.51. The van der Waals surface area contributed by atoms with Gasteiger partial charge in [0.2, 0.25) is 5.88 Å². The number of benzene rings is 1. The van der Waals surface area contributed by atoms with Gasteiger partial charge in [-0.3, -0.25) is 9.69 Å². The van der Waals surface area contributed by atoms with Crippen LogP contribution < -0.4 is 15.0 Å². The molecule has 3 aliphatic carbocycles. The van der Waals surface area contributed by atoms with Gasteiger partial charge < -0.3 is 19.4 Å². The van der Waals surface area contributed by atoms with Crippen LogP contribution in [0.4, 0.5) is 19.0 Å². The highest BCUT2D eigenvalue weighted by molar-refractivity contribution is 6.10. The van der Waals surface area contributed by atoms with E-state index in [0.29, 0.717) is 24.3 Å². The minimum atomic E-state index is -4.61. The van der Waals surface area contributed by atoms with Gasteiger partial charge in [-0.1, -0.05) is 0 Å². The first-order valence-corrected chi connectivity index (χ1v) is 15.8. The third-order valence-corrected chi connectivity index (χ3v) is 10.4. The SMILES string of the molecule is CO[C@H]1C[C@@](c2cc(OC3CCCC3)nc(N3Cc4c(cc(CNC5(C)CCC5)cc4C(F)(F)F)C3=O)c2)(c2nncn2C)C1. The largest absolute Gasteiger partial charge is 0.474 e. The first kappa shape index (κ1) is 30.2. The van der Waals surface area contributed by atoms with Gasteiger partial charge in [-0.2, -0.15) is 18.2 Å². The molecule has 0 bridgehead atoms. The van der Waals surface area contributed by atoms with E-state index >= 15 is 0 Å². The van der Waals surface area contributed by atoms with Crippen LogP contribution in [0.5, 0.6) is 5.88 Å². The minimum absolute atomic E-state index is 0.00115. The lowest BCUT2D eigenvalue weighted by Gasteiger charge is -2.46. The molecule has 12 heteroatoms. The highest BCUT2D eigenvalue weighted by atomic mass is 19.4. The van der Waals surface area contributed by atoms with Crippen LogP contribution in [-0.2, 0) is 36.5 Å². The summed E-state index contributed by atoms with van der Waals surface area (Å²) in [5.41, 5.74) is -0.140. The van der Waals surface area contributed by atoms with Crippen LogP contribution in [0.15, 0.2) is 30.6 Å². The molecule has 2 aromatic heterocycles. The molecule has 0 unspecified atom stereocenters. The number of amides is 1. The van der Waals surface area contributed by atoms with Crippen molar-refractivity contribution in [3.63, 3.8) is 0 Å². The van der Waals surface area contributed by atoms with Gasteiger partial charge in [0.1, 0.15) is 24.1 Å². The molecule has 1 aliphatic heterocycles. The normalized spacial score (nSPS) is 24.4.